The molecule has 1 atom stereocenters. The largest absolute Gasteiger partial charge is 0.450 e. The fourth-order valence-electron chi connectivity index (χ4n) is 1.63. The molecule has 1 aliphatic rings. The Morgan fingerprint density at radius 2 is 2.19 bits per heavy atom. The Morgan fingerprint density at radius 3 is 2.75 bits per heavy atom. The Labute approximate surface area is 96.5 Å². The number of sulfone groups is 1. The van der Waals surface area contributed by atoms with Crippen molar-refractivity contribution in [3.8, 4) is 0 Å². The third-order valence-corrected chi connectivity index (χ3v) is 4.30. The van der Waals surface area contributed by atoms with Crippen LogP contribution in [0.3, 0.4) is 0 Å². The van der Waals surface area contributed by atoms with Gasteiger partial charge in [0.25, 0.3) is 0 Å². The Morgan fingerprint density at radius 1 is 1.44 bits per heavy atom. The van der Waals surface area contributed by atoms with E-state index < -0.39 is 15.9 Å². The van der Waals surface area contributed by atoms with Gasteiger partial charge >= 0.3 is 6.09 Å². The second kappa shape index (κ2) is 6.08. The first-order valence-corrected chi connectivity index (χ1v) is 7.49. The van der Waals surface area contributed by atoms with Crippen LogP contribution >= 0.6 is 0 Å². The summed E-state index contributed by atoms with van der Waals surface area (Å²) in [5, 5.41) is 2.57. The van der Waals surface area contributed by atoms with E-state index in [1.807, 2.05) is 0 Å². The highest BCUT2D eigenvalue weighted by atomic mass is 32.2. The number of hydrogen-bond donors (Lipinski definition) is 1. The van der Waals surface area contributed by atoms with Gasteiger partial charge in [0.1, 0.15) is 0 Å². The van der Waals surface area contributed by atoms with Crippen LogP contribution in [0.2, 0.25) is 0 Å². The lowest BCUT2D eigenvalue weighted by molar-refractivity contribution is 0.141. The molecule has 1 N–H and O–H groups in total. The maximum atomic E-state index is 11.2. The van der Waals surface area contributed by atoms with E-state index in [0.717, 1.165) is 19.3 Å². The molecule has 0 saturated carbocycles. The predicted octanol–water partition coefficient (Wildman–Crippen LogP) is 1.09. The molecule has 1 saturated heterocycles. The summed E-state index contributed by atoms with van der Waals surface area (Å²) in [4.78, 5) is 11.2. The third-order valence-electron chi connectivity index (χ3n) is 2.54. The SMILES string of the molecule is CCCCCOC(=O)N[C@H]1CCS(=O)(=O)C1. The van der Waals surface area contributed by atoms with E-state index in [1.54, 1.807) is 0 Å². The minimum atomic E-state index is -2.94. The van der Waals surface area contributed by atoms with Crippen molar-refractivity contribution in [1.82, 2.24) is 5.32 Å². The van der Waals surface area contributed by atoms with Gasteiger partial charge in [-0.05, 0) is 12.8 Å². The first kappa shape index (κ1) is 13.3. The second-order valence-corrected chi connectivity index (χ2v) is 6.32. The van der Waals surface area contributed by atoms with Crippen LogP contribution in [0.1, 0.15) is 32.6 Å². The van der Waals surface area contributed by atoms with E-state index >= 15 is 0 Å². The van der Waals surface area contributed by atoms with Crippen molar-refractivity contribution >= 4 is 15.9 Å². The molecule has 1 aliphatic heterocycles. The molecule has 0 radical (unpaired) electrons. The zero-order valence-electron chi connectivity index (χ0n) is 9.57. The van der Waals surface area contributed by atoms with Crippen molar-refractivity contribution in [2.24, 2.45) is 0 Å². The Kier molecular flexibility index (Phi) is 5.05. The molecule has 0 aromatic carbocycles. The van der Waals surface area contributed by atoms with Crippen molar-refractivity contribution in [2.75, 3.05) is 18.1 Å². The number of carbonyl (C=O) groups excluding carboxylic acids is 1. The van der Waals surface area contributed by atoms with Gasteiger partial charge in [0.05, 0.1) is 18.1 Å². The molecule has 0 aromatic heterocycles. The summed E-state index contributed by atoms with van der Waals surface area (Å²) in [5.74, 6) is 0.199. The summed E-state index contributed by atoms with van der Waals surface area (Å²) < 4.78 is 27.2. The van der Waals surface area contributed by atoms with E-state index in [2.05, 4.69) is 12.2 Å². The first-order valence-electron chi connectivity index (χ1n) is 5.67. The minimum Gasteiger partial charge on any atom is -0.450 e. The summed E-state index contributed by atoms with van der Waals surface area (Å²) in [6.07, 6.45) is 2.95. The van der Waals surface area contributed by atoms with Gasteiger partial charge in [0, 0.05) is 6.04 Å². The fourth-order valence-corrected chi connectivity index (χ4v) is 3.31. The highest BCUT2D eigenvalue weighted by Gasteiger charge is 2.29. The van der Waals surface area contributed by atoms with E-state index in [-0.39, 0.29) is 17.5 Å². The summed E-state index contributed by atoms with van der Waals surface area (Å²) >= 11 is 0. The normalized spacial score (nSPS) is 22.9. The van der Waals surface area contributed by atoms with Crippen LogP contribution in [0.4, 0.5) is 4.79 Å². The Hall–Kier alpha value is -0.780. The smallest absolute Gasteiger partial charge is 0.407 e. The van der Waals surface area contributed by atoms with Crippen LogP contribution in [0, 0.1) is 0 Å². The molecule has 0 aliphatic carbocycles. The van der Waals surface area contributed by atoms with Gasteiger partial charge in [-0.15, -0.1) is 0 Å². The number of ether oxygens (including phenoxy) is 1. The average Bonchev–Trinajstić information content (AvgIpc) is 2.53. The van der Waals surface area contributed by atoms with E-state index in [4.69, 9.17) is 4.74 Å². The number of rotatable bonds is 5. The predicted molar refractivity (Wildman–Crippen MR) is 61.1 cm³/mol. The summed E-state index contributed by atoms with van der Waals surface area (Å²) in [6.45, 7) is 2.47. The molecule has 1 amide bonds. The molecule has 0 bridgehead atoms. The van der Waals surface area contributed by atoms with Gasteiger partial charge in [0.15, 0.2) is 9.84 Å². The van der Waals surface area contributed by atoms with Crippen molar-refractivity contribution in [2.45, 2.75) is 38.6 Å². The molecule has 5 nitrogen and oxygen atoms in total. The quantitative estimate of drug-likeness (QED) is 0.740. The molecule has 0 spiro atoms. The molecule has 0 aromatic rings. The number of carbonyl (C=O) groups is 1. The lowest BCUT2D eigenvalue weighted by Crippen LogP contribution is -2.36. The van der Waals surface area contributed by atoms with E-state index in [0.29, 0.717) is 13.0 Å². The minimum absolute atomic E-state index is 0.0387. The van der Waals surface area contributed by atoms with E-state index in [1.165, 1.54) is 0 Å². The molecule has 1 rings (SSSR count). The van der Waals surface area contributed by atoms with Crippen LogP contribution < -0.4 is 5.32 Å². The van der Waals surface area contributed by atoms with Crippen LogP contribution in [0.15, 0.2) is 0 Å². The molecule has 1 fully saturated rings. The van der Waals surface area contributed by atoms with Gasteiger partial charge in [-0.3, -0.25) is 0 Å². The Balaban J connectivity index is 2.15. The number of hydrogen-bond acceptors (Lipinski definition) is 4. The van der Waals surface area contributed by atoms with Crippen LogP contribution in [0.25, 0.3) is 0 Å². The monoisotopic (exact) mass is 249 g/mol. The van der Waals surface area contributed by atoms with Gasteiger partial charge in [-0.2, -0.15) is 0 Å². The van der Waals surface area contributed by atoms with Crippen LogP contribution in [0.5, 0.6) is 0 Å². The third kappa shape index (κ3) is 4.83. The van der Waals surface area contributed by atoms with Gasteiger partial charge < -0.3 is 10.1 Å². The maximum absolute atomic E-state index is 11.2. The zero-order valence-corrected chi connectivity index (χ0v) is 10.4. The highest BCUT2D eigenvalue weighted by Crippen LogP contribution is 2.11. The first-order chi connectivity index (χ1) is 7.53. The average molecular weight is 249 g/mol. The number of amides is 1. The molecule has 94 valence electrons. The summed E-state index contributed by atoms with van der Waals surface area (Å²) in [5.41, 5.74) is 0. The van der Waals surface area contributed by atoms with Gasteiger partial charge in [-0.25, -0.2) is 13.2 Å². The maximum Gasteiger partial charge on any atom is 0.407 e. The molecular formula is C10H19NO4S. The van der Waals surface area contributed by atoms with Gasteiger partial charge in [0.2, 0.25) is 0 Å². The lowest BCUT2D eigenvalue weighted by atomic mass is 10.3. The fraction of sp³-hybridized carbons (Fsp3) is 0.900. The molecular weight excluding hydrogens is 230 g/mol. The Bertz CT molecular complexity index is 326. The van der Waals surface area contributed by atoms with Crippen molar-refractivity contribution in [1.29, 1.82) is 0 Å². The number of nitrogens with one attached hydrogen (secondary N) is 1. The van der Waals surface area contributed by atoms with Gasteiger partial charge in [-0.1, -0.05) is 19.8 Å². The van der Waals surface area contributed by atoms with Crippen molar-refractivity contribution in [3.05, 3.63) is 0 Å². The van der Waals surface area contributed by atoms with Crippen molar-refractivity contribution in [3.63, 3.8) is 0 Å². The summed E-state index contributed by atoms with van der Waals surface area (Å²) in [7, 11) is -2.94. The highest BCUT2D eigenvalue weighted by molar-refractivity contribution is 7.91. The van der Waals surface area contributed by atoms with E-state index in [9.17, 15) is 13.2 Å². The second-order valence-electron chi connectivity index (χ2n) is 4.09. The lowest BCUT2D eigenvalue weighted by Gasteiger charge is -2.10. The number of unbranched alkanes of at least 4 members (excludes halogenated alkanes) is 2. The topological polar surface area (TPSA) is 72.5 Å². The van der Waals surface area contributed by atoms with Crippen LogP contribution in [-0.2, 0) is 14.6 Å². The standard InChI is InChI=1S/C10H19NO4S/c1-2-3-4-6-15-10(12)11-9-5-7-16(13,14)8-9/h9H,2-8H2,1H3,(H,11,12)/t9-/m0/s1. The molecule has 6 heteroatoms. The molecule has 1 heterocycles. The molecule has 16 heavy (non-hydrogen) atoms. The van der Waals surface area contributed by atoms with Crippen molar-refractivity contribution < 1.29 is 17.9 Å². The summed E-state index contributed by atoms with van der Waals surface area (Å²) in [6, 6.07) is -0.274. The van der Waals surface area contributed by atoms with Crippen LogP contribution in [-0.4, -0.2) is 38.7 Å². The zero-order chi connectivity index (χ0) is 12.0. The number of alkyl carbamates (subject to hydrolysis) is 1. The molecule has 0 unspecified atom stereocenters.